The van der Waals surface area contributed by atoms with Gasteiger partial charge in [0, 0.05) is 18.1 Å². The van der Waals surface area contributed by atoms with Gasteiger partial charge in [-0.1, -0.05) is 0 Å². The van der Waals surface area contributed by atoms with E-state index in [1.54, 1.807) is 0 Å². The number of rotatable bonds is 3. The zero-order valence-corrected chi connectivity index (χ0v) is 13.7. The predicted molar refractivity (Wildman–Crippen MR) is 80.5 cm³/mol. The fourth-order valence-electron chi connectivity index (χ4n) is 1.81. The zero-order valence-electron chi connectivity index (χ0n) is 13.7. The maximum absolute atomic E-state index is 2.75. The van der Waals surface area contributed by atoms with Gasteiger partial charge in [0.05, 0.1) is 20.0 Å². The molecule has 1 heterocycles. The summed E-state index contributed by atoms with van der Waals surface area (Å²) in [5.74, 6) is 0. The highest BCUT2D eigenvalue weighted by atomic mass is 15.5. The highest BCUT2D eigenvalue weighted by Crippen LogP contribution is 2.15. The van der Waals surface area contributed by atoms with Gasteiger partial charge in [0.25, 0.3) is 0 Å². The summed E-state index contributed by atoms with van der Waals surface area (Å²) in [6, 6.07) is 1.90. The van der Waals surface area contributed by atoms with Crippen molar-refractivity contribution in [3.63, 3.8) is 0 Å². The van der Waals surface area contributed by atoms with E-state index in [2.05, 4.69) is 61.6 Å². The Morgan fingerprint density at radius 2 is 0.778 bits per heavy atom. The van der Waals surface area contributed by atoms with Crippen molar-refractivity contribution in [2.75, 3.05) is 34.1 Å². The van der Waals surface area contributed by atoms with Gasteiger partial charge in [-0.2, -0.15) is 0 Å². The highest BCUT2D eigenvalue weighted by Gasteiger charge is 2.27. The van der Waals surface area contributed by atoms with E-state index in [1.165, 1.54) is 0 Å². The Morgan fingerprint density at radius 1 is 0.611 bits per heavy atom. The third kappa shape index (κ3) is 6.14. The van der Waals surface area contributed by atoms with Gasteiger partial charge in [0.2, 0.25) is 0 Å². The van der Waals surface area contributed by atoms with Crippen molar-refractivity contribution in [3.05, 3.63) is 0 Å². The molecule has 110 valence electrons. The zero-order chi connectivity index (χ0) is 14.3. The van der Waals surface area contributed by atoms with Crippen LogP contribution < -0.4 is 5.32 Å². The molecule has 1 saturated heterocycles. The molecule has 0 unspecified atom stereocenters. The van der Waals surface area contributed by atoms with E-state index in [4.69, 9.17) is 0 Å². The quantitative estimate of drug-likeness (QED) is 0.834. The summed E-state index contributed by atoms with van der Waals surface area (Å²) in [6.07, 6.45) is 0. The molecule has 18 heavy (non-hydrogen) atoms. The average molecular weight is 258 g/mol. The lowest BCUT2D eigenvalue weighted by molar-refractivity contribution is -0.0698. The van der Waals surface area contributed by atoms with E-state index in [-0.39, 0.29) is 0 Å². The van der Waals surface area contributed by atoms with Crippen LogP contribution in [-0.2, 0) is 0 Å². The summed E-state index contributed by atoms with van der Waals surface area (Å²) in [7, 11) is 3.75. The minimum atomic E-state index is 0.632. The van der Waals surface area contributed by atoms with E-state index in [9.17, 15) is 0 Å². The fourth-order valence-corrected chi connectivity index (χ4v) is 1.81. The van der Waals surface area contributed by atoms with Crippen molar-refractivity contribution in [2.24, 2.45) is 0 Å². The molecule has 0 radical (unpaired) electrons. The highest BCUT2D eigenvalue weighted by molar-refractivity contribution is 4.75. The Balaban J connectivity index is 0.000000873. The third-order valence-corrected chi connectivity index (χ3v) is 3.28. The molecule has 1 N–H and O–H groups in total. The fraction of sp³-hybridized carbons (Fsp3) is 1.00. The first-order chi connectivity index (χ1) is 8.33. The summed E-state index contributed by atoms with van der Waals surface area (Å²) in [5.41, 5.74) is 0. The molecule has 4 nitrogen and oxygen atoms in total. The third-order valence-electron chi connectivity index (χ3n) is 3.28. The lowest BCUT2D eigenvalue weighted by Gasteiger charge is -2.47. The van der Waals surface area contributed by atoms with E-state index in [0.29, 0.717) is 18.1 Å². The summed E-state index contributed by atoms with van der Waals surface area (Å²) in [4.78, 5) is 7.59. The first kappa shape index (κ1) is 17.8. The largest absolute Gasteiger partial charge is 0.323 e. The SMILES string of the molecule is CC(C)N1CN(C(C)C)CN(C(C)C)C1.CNC. The van der Waals surface area contributed by atoms with E-state index in [0.717, 1.165) is 20.0 Å². The van der Waals surface area contributed by atoms with Crippen LogP contribution in [0.1, 0.15) is 41.5 Å². The second kappa shape index (κ2) is 8.86. The Kier molecular flexibility index (Phi) is 8.78. The normalized spacial score (nSPS) is 19.5. The smallest absolute Gasteiger partial charge is 0.0535 e. The Morgan fingerprint density at radius 3 is 0.889 bits per heavy atom. The molecular weight excluding hydrogens is 224 g/mol. The molecule has 1 rings (SSSR count). The van der Waals surface area contributed by atoms with E-state index >= 15 is 0 Å². The molecule has 0 bridgehead atoms. The van der Waals surface area contributed by atoms with Gasteiger partial charge in [0.15, 0.2) is 0 Å². The number of hydrogen-bond donors (Lipinski definition) is 1. The molecule has 0 amide bonds. The summed E-state index contributed by atoms with van der Waals surface area (Å²) in [6.45, 7) is 17.0. The summed E-state index contributed by atoms with van der Waals surface area (Å²) in [5, 5.41) is 2.75. The molecule has 0 aromatic heterocycles. The van der Waals surface area contributed by atoms with Gasteiger partial charge < -0.3 is 5.32 Å². The molecule has 1 fully saturated rings. The van der Waals surface area contributed by atoms with Crippen molar-refractivity contribution in [3.8, 4) is 0 Å². The van der Waals surface area contributed by atoms with Crippen LogP contribution in [0.4, 0.5) is 0 Å². The Labute approximate surface area is 114 Å². The minimum absolute atomic E-state index is 0.632. The second-order valence-corrected chi connectivity index (χ2v) is 5.97. The first-order valence-electron chi connectivity index (χ1n) is 7.14. The maximum Gasteiger partial charge on any atom is 0.0535 e. The molecule has 0 aliphatic carbocycles. The van der Waals surface area contributed by atoms with Crippen molar-refractivity contribution >= 4 is 0 Å². The second-order valence-electron chi connectivity index (χ2n) is 5.97. The predicted octanol–water partition coefficient (Wildman–Crippen LogP) is 1.84. The molecule has 0 aromatic carbocycles. The first-order valence-corrected chi connectivity index (χ1v) is 7.14. The molecule has 0 spiro atoms. The lowest BCUT2D eigenvalue weighted by atomic mass is 10.2. The number of nitrogens with one attached hydrogen (secondary N) is 1. The molecular formula is C14H34N4. The van der Waals surface area contributed by atoms with Crippen molar-refractivity contribution in [2.45, 2.75) is 59.7 Å². The van der Waals surface area contributed by atoms with Crippen LogP contribution in [-0.4, -0.2) is 66.9 Å². The Hall–Kier alpha value is -0.160. The van der Waals surface area contributed by atoms with Crippen molar-refractivity contribution < 1.29 is 0 Å². The van der Waals surface area contributed by atoms with Crippen LogP contribution in [0, 0.1) is 0 Å². The summed E-state index contributed by atoms with van der Waals surface area (Å²) >= 11 is 0. The standard InChI is InChI=1S/C12H27N3.C2H7N/c1-10(2)13-7-14(11(3)4)9-15(8-13)12(5)6;1-3-2/h10-12H,7-9H2,1-6H3;3H,1-2H3. The van der Waals surface area contributed by atoms with Gasteiger partial charge in [0.1, 0.15) is 0 Å². The molecule has 1 aliphatic heterocycles. The van der Waals surface area contributed by atoms with Gasteiger partial charge in [-0.25, -0.2) is 0 Å². The van der Waals surface area contributed by atoms with Crippen LogP contribution in [0.25, 0.3) is 0 Å². The lowest BCUT2D eigenvalue weighted by Crippen LogP contribution is -2.59. The van der Waals surface area contributed by atoms with Crippen molar-refractivity contribution in [1.29, 1.82) is 0 Å². The number of hydrogen-bond acceptors (Lipinski definition) is 4. The molecule has 4 heteroatoms. The molecule has 0 aromatic rings. The van der Waals surface area contributed by atoms with Crippen LogP contribution in [0.3, 0.4) is 0 Å². The van der Waals surface area contributed by atoms with Crippen LogP contribution >= 0.6 is 0 Å². The Bertz CT molecular complexity index is 165. The van der Waals surface area contributed by atoms with Crippen LogP contribution in [0.5, 0.6) is 0 Å². The van der Waals surface area contributed by atoms with E-state index < -0.39 is 0 Å². The van der Waals surface area contributed by atoms with Gasteiger partial charge in [-0.05, 0) is 55.6 Å². The molecule has 1 aliphatic rings. The monoisotopic (exact) mass is 258 g/mol. The van der Waals surface area contributed by atoms with Gasteiger partial charge in [-0.3, -0.25) is 14.7 Å². The van der Waals surface area contributed by atoms with Crippen LogP contribution in [0.2, 0.25) is 0 Å². The summed E-state index contributed by atoms with van der Waals surface area (Å²) < 4.78 is 0. The van der Waals surface area contributed by atoms with Gasteiger partial charge >= 0.3 is 0 Å². The van der Waals surface area contributed by atoms with E-state index in [1.807, 2.05) is 14.1 Å². The molecule has 0 atom stereocenters. The van der Waals surface area contributed by atoms with Gasteiger partial charge in [-0.15, -0.1) is 0 Å². The minimum Gasteiger partial charge on any atom is -0.323 e. The molecule has 0 saturated carbocycles. The van der Waals surface area contributed by atoms with Crippen LogP contribution in [0.15, 0.2) is 0 Å². The van der Waals surface area contributed by atoms with Crippen molar-refractivity contribution in [1.82, 2.24) is 20.0 Å². The maximum atomic E-state index is 2.75. The topological polar surface area (TPSA) is 21.8 Å². The number of nitrogens with zero attached hydrogens (tertiary/aromatic N) is 3. The average Bonchev–Trinajstić information content (AvgIpc) is 2.29.